The van der Waals surface area contributed by atoms with E-state index < -0.39 is 0 Å². The van der Waals surface area contributed by atoms with Crippen molar-refractivity contribution in [1.29, 1.82) is 0 Å². The maximum absolute atomic E-state index is 6.02. The number of halogens is 1. The number of rotatable bonds is 7. The van der Waals surface area contributed by atoms with Crippen LogP contribution in [0.4, 0.5) is 0 Å². The second-order valence-corrected chi connectivity index (χ2v) is 6.04. The van der Waals surface area contributed by atoms with E-state index in [1.807, 2.05) is 19.2 Å². The summed E-state index contributed by atoms with van der Waals surface area (Å²) in [5, 5.41) is 0. The molecule has 2 N–H and O–H groups in total. The normalized spacial score (nSPS) is 15.6. The lowest BCUT2D eigenvalue weighted by atomic mass is 10.0. The van der Waals surface area contributed by atoms with Gasteiger partial charge in [-0.3, -0.25) is 4.99 Å². The highest BCUT2D eigenvalue weighted by atomic mass is 127. The van der Waals surface area contributed by atoms with Gasteiger partial charge in [-0.15, -0.1) is 24.0 Å². The lowest BCUT2D eigenvalue weighted by molar-refractivity contribution is 0.354. The highest BCUT2D eigenvalue weighted by Crippen LogP contribution is 2.28. The summed E-state index contributed by atoms with van der Waals surface area (Å²) in [7, 11) is 5.33. The summed E-state index contributed by atoms with van der Waals surface area (Å²) in [6.07, 6.45) is 3.39. The maximum atomic E-state index is 6.02. The third-order valence-corrected chi connectivity index (χ3v) is 4.05. The fourth-order valence-electron chi connectivity index (χ4n) is 2.48. The number of nitrogens with zero attached hydrogens (tertiary/aromatic N) is 2. The van der Waals surface area contributed by atoms with Gasteiger partial charge in [0.1, 0.15) is 0 Å². The minimum absolute atomic E-state index is 0. The van der Waals surface area contributed by atoms with Gasteiger partial charge in [-0.05, 0) is 42.9 Å². The zero-order valence-corrected chi connectivity index (χ0v) is 16.7. The van der Waals surface area contributed by atoms with E-state index in [1.54, 1.807) is 14.2 Å². The Kier molecular flexibility index (Phi) is 7.94. The minimum Gasteiger partial charge on any atom is -0.493 e. The van der Waals surface area contributed by atoms with Crippen molar-refractivity contribution in [3.05, 3.63) is 23.8 Å². The molecular weight excluding hydrogens is 405 g/mol. The summed E-state index contributed by atoms with van der Waals surface area (Å²) >= 11 is 0. The number of aliphatic imine (C=N–C) groups is 1. The molecule has 1 fully saturated rings. The van der Waals surface area contributed by atoms with Crippen molar-refractivity contribution in [2.45, 2.75) is 32.2 Å². The molecular formula is C17H28IN3O2. The van der Waals surface area contributed by atoms with Gasteiger partial charge in [-0.2, -0.15) is 0 Å². The standard InChI is InChI=1S/C17H27N3O2.HI/c1-12(11-19-17(18)20(2)14-6-7-14)9-13-5-8-15(21-3)16(10-13)22-4;/h5,8,10,12,14H,6-7,9,11H2,1-4H3,(H2,18,19);1H. The SMILES string of the molecule is COc1ccc(CC(C)CN=C(N)N(C)C2CC2)cc1OC.I. The van der Waals surface area contributed by atoms with Gasteiger partial charge in [-0.25, -0.2) is 0 Å². The molecule has 6 heteroatoms. The quantitative estimate of drug-likeness (QED) is 0.408. The molecule has 1 saturated carbocycles. The predicted octanol–water partition coefficient (Wildman–Crippen LogP) is 2.91. The minimum atomic E-state index is 0. The lowest BCUT2D eigenvalue weighted by Gasteiger charge is -2.18. The van der Waals surface area contributed by atoms with Gasteiger partial charge in [0, 0.05) is 19.6 Å². The highest BCUT2D eigenvalue weighted by molar-refractivity contribution is 14.0. The highest BCUT2D eigenvalue weighted by Gasteiger charge is 2.27. The molecule has 1 aliphatic rings. The van der Waals surface area contributed by atoms with E-state index in [2.05, 4.69) is 22.9 Å². The Morgan fingerprint density at radius 3 is 2.52 bits per heavy atom. The first-order chi connectivity index (χ1) is 10.5. The van der Waals surface area contributed by atoms with E-state index in [9.17, 15) is 0 Å². The Morgan fingerprint density at radius 1 is 1.30 bits per heavy atom. The van der Waals surface area contributed by atoms with Gasteiger partial charge in [0.15, 0.2) is 17.5 Å². The molecule has 23 heavy (non-hydrogen) atoms. The molecule has 5 nitrogen and oxygen atoms in total. The zero-order chi connectivity index (χ0) is 16.1. The predicted molar refractivity (Wildman–Crippen MR) is 105 cm³/mol. The van der Waals surface area contributed by atoms with Gasteiger partial charge < -0.3 is 20.1 Å². The summed E-state index contributed by atoms with van der Waals surface area (Å²) in [5.41, 5.74) is 7.24. The molecule has 0 amide bonds. The van der Waals surface area contributed by atoms with E-state index in [1.165, 1.54) is 18.4 Å². The van der Waals surface area contributed by atoms with Crippen LogP contribution < -0.4 is 15.2 Å². The molecule has 1 aromatic carbocycles. The van der Waals surface area contributed by atoms with Crippen molar-refractivity contribution in [3.63, 3.8) is 0 Å². The number of hydrogen-bond acceptors (Lipinski definition) is 3. The van der Waals surface area contributed by atoms with Crippen LogP contribution in [0, 0.1) is 5.92 Å². The Morgan fingerprint density at radius 2 is 1.96 bits per heavy atom. The first-order valence-electron chi connectivity index (χ1n) is 7.78. The van der Waals surface area contributed by atoms with E-state index in [0.29, 0.717) is 17.9 Å². The molecule has 130 valence electrons. The second-order valence-electron chi connectivity index (χ2n) is 6.04. The van der Waals surface area contributed by atoms with Crippen LogP contribution in [-0.2, 0) is 6.42 Å². The molecule has 2 rings (SSSR count). The lowest BCUT2D eigenvalue weighted by Crippen LogP contribution is -2.36. The molecule has 0 aromatic heterocycles. The van der Waals surface area contributed by atoms with Gasteiger partial charge in [-0.1, -0.05) is 13.0 Å². The Balaban J connectivity index is 0.00000264. The molecule has 0 aliphatic heterocycles. The van der Waals surface area contributed by atoms with E-state index in [0.717, 1.165) is 24.5 Å². The van der Waals surface area contributed by atoms with E-state index >= 15 is 0 Å². The van der Waals surface area contributed by atoms with Gasteiger partial charge in [0.2, 0.25) is 0 Å². The Bertz CT molecular complexity index is 533. The maximum Gasteiger partial charge on any atom is 0.191 e. The average molecular weight is 433 g/mol. The van der Waals surface area contributed by atoms with Crippen LogP contribution in [0.1, 0.15) is 25.3 Å². The van der Waals surface area contributed by atoms with Crippen LogP contribution in [0.25, 0.3) is 0 Å². The van der Waals surface area contributed by atoms with Crippen molar-refractivity contribution < 1.29 is 9.47 Å². The van der Waals surface area contributed by atoms with Crippen molar-refractivity contribution in [3.8, 4) is 11.5 Å². The fourth-order valence-corrected chi connectivity index (χ4v) is 2.48. The number of hydrogen-bond donors (Lipinski definition) is 1. The number of benzene rings is 1. The van der Waals surface area contributed by atoms with Crippen LogP contribution in [0.3, 0.4) is 0 Å². The van der Waals surface area contributed by atoms with Crippen molar-refractivity contribution in [2.75, 3.05) is 27.8 Å². The average Bonchev–Trinajstić information content (AvgIpc) is 3.36. The molecule has 0 heterocycles. The number of methoxy groups -OCH3 is 2. The first-order valence-corrected chi connectivity index (χ1v) is 7.78. The summed E-state index contributed by atoms with van der Waals surface area (Å²) < 4.78 is 10.6. The molecule has 1 aliphatic carbocycles. The topological polar surface area (TPSA) is 60.1 Å². The van der Waals surface area contributed by atoms with Crippen molar-refractivity contribution in [2.24, 2.45) is 16.6 Å². The van der Waals surface area contributed by atoms with Crippen LogP contribution >= 0.6 is 24.0 Å². The van der Waals surface area contributed by atoms with Crippen LogP contribution in [0.5, 0.6) is 11.5 Å². The monoisotopic (exact) mass is 433 g/mol. The molecule has 0 saturated heterocycles. The number of nitrogens with two attached hydrogens (primary N) is 1. The Hall–Kier alpha value is -1.18. The van der Waals surface area contributed by atoms with E-state index in [4.69, 9.17) is 15.2 Å². The first kappa shape index (κ1) is 19.9. The summed E-state index contributed by atoms with van der Waals surface area (Å²) in [5.74, 6) is 2.60. The molecule has 0 radical (unpaired) electrons. The summed E-state index contributed by atoms with van der Waals surface area (Å²) in [4.78, 5) is 6.61. The molecule has 1 unspecified atom stereocenters. The number of guanidine groups is 1. The van der Waals surface area contributed by atoms with E-state index in [-0.39, 0.29) is 24.0 Å². The van der Waals surface area contributed by atoms with Crippen molar-refractivity contribution in [1.82, 2.24) is 4.90 Å². The summed E-state index contributed by atoms with van der Waals surface area (Å²) in [6, 6.07) is 6.64. The van der Waals surface area contributed by atoms with Gasteiger partial charge in [0.05, 0.1) is 14.2 Å². The molecule has 0 bridgehead atoms. The Labute approximate surface area is 156 Å². The molecule has 0 spiro atoms. The van der Waals surface area contributed by atoms with Crippen molar-refractivity contribution >= 4 is 29.9 Å². The van der Waals surface area contributed by atoms with Crippen LogP contribution in [0.15, 0.2) is 23.2 Å². The third kappa shape index (κ3) is 5.75. The van der Waals surface area contributed by atoms with Gasteiger partial charge >= 0.3 is 0 Å². The largest absolute Gasteiger partial charge is 0.493 e. The molecule has 1 atom stereocenters. The van der Waals surface area contributed by atoms with Crippen LogP contribution in [0.2, 0.25) is 0 Å². The smallest absolute Gasteiger partial charge is 0.191 e. The van der Waals surface area contributed by atoms with Crippen LogP contribution in [-0.4, -0.2) is 44.7 Å². The number of ether oxygens (including phenoxy) is 2. The second kappa shape index (κ2) is 9.20. The molecule has 1 aromatic rings. The third-order valence-electron chi connectivity index (χ3n) is 4.05. The fraction of sp³-hybridized carbons (Fsp3) is 0.588. The van der Waals surface area contributed by atoms with Gasteiger partial charge in [0.25, 0.3) is 0 Å². The zero-order valence-electron chi connectivity index (χ0n) is 14.4. The summed E-state index contributed by atoms with van der Waals surface area (Å²) in [6.45, 7) is 2.92.